The number of halogens is 1. The highest BCUT2D eigenvalue weighted by Gasteiger charge is 2.28. The van der Waals surface area contributed by atoms with Gasteiger partial charge in [0.15, 0.2) is 0 Å². The quantitative estimate of drug-likeness (QED) is 0.556. The number of carbonyl (C=O) groups is 1. The van der Waals surface area contributed by atoms with Gasteiger partial charge in [-0.3, -0.25) is 9.10 Å². The van der Waals surface area contributed by atoms with Crippen molar-refractivity contribution in [2.75, 3.05) is 10.8 Å². The van der Waals surface area contributed by atoms with Crippen LogP contribution in [0.4, 0.5) is 5.69 Å². The van der Waals surface area contributed by atoms with Gasteiger partial charge in [-0.15, -0.1) is 0 Å². The highest BCUT2D eigenvalue weighted by Crippen LogP contribution is 2.31. The fourth-order valence-electron chi connectivity index (χ4n) is 3.04. The fourth-order valence-corrected chi connectivity index (χ4v) is 4.69. The Balaban J connectivity index is 1.92. The van der Waals surface area contributed by atoms with E-state index < -0.39 is 22.5 Å². The smallest absolute Gasteiger partial charge is 0.264 e. The number of carbonyl (C=O) groups excluding carboxylic acids is 1. The van der Waals surface area contributed by atoms with Gasteiger partial charge >= 0.3 is 0 Å². The van der Waals surface area contributed by atoms with Gasteiger partial charge in [-0.05, 0) is 49.7 Å². The lowest BCUT2D eigenvalue weighted by molar-refractivity contribution is -0.119. The Kier molecular flexibility index (Phi) is 6.87. The molecule has 2 N–H and O–H groups in total. The first kappa shape index (κ1) is 22.7. The first-order valence-electron chi connectivity index (χ1n) is 9.58. The second-order valence-corrected chi connectivity index (χ2v) is 9.38. The van der Waals surface area contributed by atoms with Crippen LogP contribution in [-0.2, 0) is 21.4 Å². The maximum absolute atomic E-state index is 13.4. The van der Waals surface area contributed by atoms with Gasteiger partial charge in [-0.2, -0.15) is 0 Å². The summed E-state index contributed by atoms with van der Waals surface area (Å²) in [5.41, 5.74) is 2.33. The summed E-state index contributed by atoms with van der Waals surface area (Å²) in [6.07, 6.45) is 0. The average molecular weight is 459 g/mol. The van der Waals surface area contributed by atoms with Crippen molar-refractivity contribution in [1.82, 2.24) is 5.32 Å². The number of anilines is 1. The van der Waals surface area contributed by atoms with E-state index in [-0.39, 0.29) is 17.2 Å². The van der Waals surface area contributed by atoms with Gasteiger partial charge in [-0.1, -0.05) is 53.6 Å². The van der Waals surface area contributed by atoms with Crippen LogP contribution >= 0.6 is 11.6 Å². The summed E-state index contributed by atoms with van der Waals surface area (Å²) in [6.45, 7) is 3.19. The van der Waals surface area contributed by atoms with Crippen molar-refractivity contribution < 1.29 is 18.3 Å². The number of hydrogen-bond acceptors (Lipinski definition) is 4. The number of para-hydroxylation sites is 1. The van der Waals surface area contributed by atoms with E-state index in [0.717, 1.165) is 9.87 Å². The van der Waals surface area contributed by atoms with Crippen LogP contribution in [0, 0.1) is 13.8 Å². The van der Waals surface area contributed by atoms with Crippen LogP contribution < -0.4 is 9.62 Å². The number of phenols is 1. The molecule has 6 nitrogen and oxygen atoms in total. The third kappa shape index (κ3) is 5.18. The van der Waals surface area contributed by atoms with E-state index >= 15 is 0 Å². The zero-order valence-corrected chi connectivity index (χ0v) is 18.7. The minimum Gasteiger partial charge on any atom is -0.508 e. The zero-order chi connectivity index (χ0) is 22.6. The van der Waals surface area contributed by atoms with Crippen molar-refractivity contribution in [2.45, 2.75) is 25.3 Å². The van der Waals surface area contributed by atoms with E-state index in [0.29, 0.717) is 21.8 Å². The Labute approximate surface area is 187 Å². The molecule has 0 saturated carbocycles. The highest BCUT2D eigenvalue weighted by atomic mass is 35.5. The number of aryl methyl sites for hydroxylation is 1. The van der Waals surface area contributed by atoms with E-state index in [1.165, 1.54) is 18.2 Å². The number of sulfonamides is 1. The third-order valence-corrected chi connectivity index (χ3v) is 7.06. The Morgan fingerprint density at radius 1 is 1.00 bits per heavy atom. The number of rotatable bonds is 7. The molecule has 0 heterocycles. The minimum atomic E-state index is -4.03. The van der Waals surface area contributed by atoms with E-state index in [2.05, 4.69) is 5.32 Å². The first-order valence-corrected chi connectivity index (χ1v) is 11.4. The van der Waals surface area contributed by atoms with Crippen LogP contribution in [0.2, 0.25) is 5.02 Å². The molecule has 3 aromatic rings. The molecule has 0 atom stereocenters. The molecule has 0 unspecified atom stereocenters. The maximum atomic E-state index is 13.4. The van der Waals surface area contributed by atoms with Crippen LogP contribution in [0.5, 0.6) is 5.75 Å². The molecule has 0 aliphatic carbocycles. The Morgan fingerprint density at radius 3 is 2.35 bits per heavy atom. The molecule has 1 amide bonds. The van der Waals surface area contributed by atoms with Crippen LogP contribution in [0.25, 0.3) is 0 Å². The molecule has 162 valence electrons. The van der Waals surface area contributed by atoms with Gasteiger partial charge in [0.2, 0.25) is 5.91 Å². The summed E-state index contributed by atoms with van der Waals surface area (Å²) in [7, 11) is -4.03. The Hall–Kier alpha value is -3.03. The maximum Gasteiger partial charge on any atom is 0.264 e. The summed E-state index contributed by atoms with van der Waals surface area (Å²) < 4.78 is 27.9. The molecule has 0 aliphatic rings. The van der Waals surface area contributed by atoms with Crippen molar-refractivity contribution in [2.24, 2.45) is 0 Å². The lowest BCUT2D eigenvalue weighted by atomic mass is 10.2. The molecule has 3 aromatic carbocycles. The number of nitrogens with zero attached hydrogens (tertiary/aromatic N) is 1. The topological polar surface area (TPSA) is 86.7 Å². The summed E-state index contributed by atoms with van der Waals surface area (Å²) in [5, 5.41) is 12.9. The molecule has 0 fully saturated rings. The van der Waals surface area contributed by atoms with Gasteiger partial charge in [0.1, 0.15) is 12.3 Å². The summed E-state index contributed by atoms with van der Waals surface area (Å²) in [6, 6.07) is 18.0. The number of phenolic OH excluding ortho intramolecular Hbond substituents is 1. The van der Waals surface area contributed by atoms with Gasteiger partial charge in [-0.25, -0.2) is 8.42 Å². The Bertz CT molecular complexity index is 1190. The van der Waals surface area contributed by atoms with E-state index in [4.69, 9.17) is 11.6 Å². The fraction of sp³-hybridized carbons (Fsp3) is 0.174. The van der Waals surface area contributed by atoms with Gasteiger partial charge < -0.3 is 10.4 Å². The minimum absolute atomic E-state index is 0.0534. The molecule has 0 saturated heterocycles. The van der Waals surface area contributed by atoms with Gasteiger partial charge in [0, 0.05) is 17.1 Å². The molecule has 0 radical (unpaired) electrons. The van der Waals surface area contributed by atoms with Crippen LogP contribution in [-0.4, -0.2) is 26.0 Å². The number of aromatic hydroxyl groups is 1. The molecule has 31 heavy (non-hydrogen) atoms. The lowest BCUT2D eigenvalue weighted by Gasteiger charge is -2.26. The normalized spacial score (nSPS) is 11.2. The second kappa shape index (κ2) is 9.41. The number of amides is 1. The monoisotopic (exact) mass is 458 g/mol. The molecular formula is C23H23ClN2O4S. The van der Waals surface area contributed by atoms with E-state index in [1.54, 1.807) is 55.5 Å². The second-order valence-electron chi connectivity index (χ2n) is 7.11. The Morgan fingerprint density at radius 2 is 1.68 bits per heavy atom. The van der Waals surface area contributed by atoms with Crippen molar-refractivity contribution in [3.8, 4) is 5.75 Å². The molecular weight excluding hydrogens is 436 g/mol. The van der Waals surface area contributed by atoms with Crippen LogP contribution in [0.3, 0.4) is 0 Å². The van der Waals surface area contributed by atoms with Gasteiger partial charge in [0.05, 0.1) is 10.6 Å². The summed E-state index contributed by atoms with van der Waals surface area (Å²) >= 11 is 6.22. The molecule has 0 aliphatic heterocycles. The van der Waals surface area contributed by atoms with Crippen molar-refractivity contribution in [3.05, 3.63) is 88.4 Å². The molecule has 0 aromatic heterocycles. The summed E-state index contributed by atoms with van der Waals surface area (Å²) in [4.78, 5) is 12.8. The van der Waals surface area contributed by atoms with Crippen molar-refractivity contribution >= 4 is 33.2 Å². The highest BCUT2D eigenvalue weighted by molar-refractivity contribution is 7.92. The SMILES string of the molecule is Cc1ccc(S(=O)(=O)N(CC(=O)NCc2ccccc2O)c2cccc(Cl)c2C)cc1. The first-order chi connectivity index (χ1) is 14.7. The predicted octanol–water partition coefficient (Wildman–Crippen LogP) is 4.17. The van der Waals surface area contributed by atoms with Gasteiger partial charge in [0.25, 0.3) is 10.0 Å². The molecule has 8 heteroatoms. The number of nitrogens with one attached hydrogen (secondary N) is 1. The van der Waals surface area contributed by atoms with Crippen LogP contribution in [0.1, 0.15) is 16.7 Å². The number of benzene rings is 3. The molecule has 3 rings (SSSR count). The average Bonchev–Trinajstić information content (AvgIpc) is 2.74. The standard InChI is InChI=1S/C23H23ClN2O4S/c1-16-10-12-19(13-11-16)31(29,30)26(21-8-5-7-20(24)17(21)2)15-23(28)25-14-18-6-3-4-9-22(18)27/h3-13,27H,14-15H2,1-2H3,(H,25,28). The van der Waals surface area contributed by atoms with E-state index in [1.807, 2.05) is 6.92 Å². The largest absolute Gasteiger partial charge is 0.508 e. The molecule has 0 bridgehead atoms. The third-order valence-electron chi connectivity index (χ3n) is 4.87. The van der Waals surface area contributed by atoms with E-state index in [9.17, 15) is 18.3 Å². The van der Waals surface area contributed by atoms with Crippen molar-refractivity contribution in [3.63, 3.8) is 0 Å². The lowest BCUT2D eigenvalue weighted by Crippen LogP contribution is -2.41. The van der Waals surface area contributed by atoms with Crippen molar-refractivity contribution in [1.29, 1.82) is 0 Å². The van der Waals surface area contributed by atoms with Crippen LogP contribution in [0.15, 0.2) is 71.6 Å². The summed E-state index contributed by atoms with van der Waals surface area (Å²) in [5.74, 6) is -0.462. The number of hydrogen-bond donors (Lipinski definition) is 2. The zero-order valence-electron chi connectivity index (χ0n) is 17.2. The predicted molar refractivity (Wildman–Crippen MR) is 122 cm³/mol. The molecule has 0 spiro atoms.